The summed E-state index contributed by atoms with van der Waals surface area (Å²) in [6.45, 7) is 4.32. The normalized spacial score (nSPS) is 11.5. The van der Waals surface area contributed by atoms with Crippen LogP contribution < -0.4 is 24.3 Å². The Morgan fingerprint density at radius 2 is 1.63 bits per heavy atom. The van der Waals surface area contributed by atoms with Crippen LogP contribution in [-0.2, 0) is 11.0 Å². The van der Waals surface area contributed by atoms with Crippen LogP contribution in [0.5, 0.6) is 23.0 Å². The Balaban J connectivity index is 1.75. The van der Waals surface area contributed by atoms with Crippen molar-refractivity contribution in [1.82, 2.24) is 10.2 Å². The van der Waals surface area contributed by atoms with Gasteiger partial charge in [0.25, 0.3) is 5.91 Å². The molecule has 13 heteroatoms. The first-order valence-electron chi connectivity index (χ1n) is 11.0. The number of alkyl halides is 3. The van der Waals surface area contributed by atoms with Crippen molar-refractivity contribution in [1.29, 1.82) is 5.26 Å². The smallest absolute Gasteiger partial charge is 0.445 e. The van der Waals surface area contributed by atoms with E-state index in [1.165, 1.54) is 32.4 Å². The highest BCUT2D eigenvalue weighted by atomic mass is 32.1. The van der Waals surface area contributed by atoms with Crippen molar-refractivity contribution in [2.75, 3.05) is 32.8 Å². The number of hydrogen-bond acceptors (Lipinski definition) is 9. The zero-order valence-electron chi connectivity index (χ0n) is 20.8. The van der Waals surface area contributed by atoms with Crippen LogP contribution in [0.1, 0.15) is 21.7 Å². The highest BCUT2D eigenvalue weighted by molar-refractivity contribution is 7.15. The van der Waals surface area contributed by atoms with E-state index in [2.05, 4.69) is 15.5 Å². The summed E-state index contributed by atoms with van der Waals surface area (Å²) in [5.41, 5.74) is 1.95. The van der Waals surface area contributed by atoms with Crippen LogP contribution in [-0.4, -0.2) is 43.5 Å². The van der Waals surface area contributed by atoms with Gasteiger partial charge in [-0.25, -0.2) is 0 Å². The number of carbonyl (C=O) groups excluding carboxylic acids is 1. The van der Waals surface area contributed by atoms with Crippen LogP contribution in [0.15, 0.2) is 35.9 Å². The Bertz CT molecular complexity index is 1340. The maximum absolute atomic E-state index is 12.7. The first-order chi connectivity index (χ1) is 18.1. The Kier molecular flexibility index (Phi) is 9.14. The zero-order valence-corrected chi connectivity index (χ0v) is 21.6. The summed E-state index contributed by atoms with van der Waals surface area (Å²) < 4.78 is 60.7. The first-order valence-corrected chi connectivity index (χ1v) is 11.8. The van der Waals surface area contributed by atoms with E-state index in [-0.39, 0.29) is 41.8 Å². The monoisotopic (exact) mass is 548 g/mol. The minimum Gasteiger partial charge on any atom is -0.493 e. The predicted octanol–water partition coefficient (Wildman–Crippen LogP) is 5.19. The number of carbonyl (C=O) groups is 1. The number of nitriles is 1. The minimum atomic E-state index is -4.70. The van der Waals surface area contributed by atoms with Gasteiger partial charge in [0.05, 0.1) is 14.2 Å². The van der Waals surface area contributed by atoms with Gasteiger partial charge in [0.15, 0.2) is 11.5 Å². The second kappa shape index (κ2) is 12.3. The Morgan fingerprint density at radius 3 is 2.13 bits per heavy atom. The van der Waals surface area contributed by atoms with E-state index < -0.39 is 27.8 Å². The van der Waals surface area contributed by atoms with Gasteiger partial charge in [-0.1, -0.05) is 29.5 Å². The van der Waals surface area contributed by atoms with Crippen LogP contribution in [0.4, 0.5) is 18.3 Å². The molecule has 1 heterocycles. The average Bonchev–Trinajstić information content (AvgIpc) is 3.35. The molecule has 0 unspecified atom stereocenters. The van der Waals surface area contributed by atoms with E-state index in [4.69, 9.17) is 18.9 Å². The Hall–Kier alpha value is -4.31. The molecule has 1 N–H and O–H groups in total. The summed E-state index contributed by atoms with van der Waals surface area (Å²) in [4.78, 5) is 12.5. The van der Waals surface area contributed by atoms with Crippen LogP contribution in [0.3, 0.4) is 0 Å². The minimum absolute atomic E-state index is 0.143. The van der Waals surface area contributed by atoms with E-state index in [1.54, 1.807) is 6.07 Å². The SMILES string of the molecule is COc1cc(/C=C(/C#N)C(=O)Nc2nnc(C(F)(F)F)s2)cc(OC)c1OCCOc1c(C)cccc1C. The molecule has 0 atom stereocenters. The molecule has 0 aliphatic rings. The van der Waals surface area contributed by atoms with Crippen molar-refractivity contribution in [3.63, 3.8) is 0 Å². The fraction of sp³-hybridized carbons (Fsp3) is 0.280. The number of anilines is 1. The molecule has 200 valence electrons. The average molecular weight is 549 g/mol. The fourth-order valence-corrected chi connectivity index (χ4v) is 3.91. The number of methoxy groups -OCH3 is 2. The summed E-state index contributed by atoms with van der Waals surface area (Å²) >= 11 is 0.143. The number of hydrogen-bond donors (Lipinski definition) is 1. The van der Waals surface area contributed by atoms with Gasteiger partial charge < -0.3 is 18.9 Å². The number of benzene rings is 2. The van der Waals surface area contributed by atoms with Crippen molar-refractivity contribution in [2.24, 2.45) is 0 Å². The molecule has 0 aliphatic heterocycles. The summed E-state index contributed by atoms with van der Waals surface area (Å²) in [5, 5.41) is 16.3. The summed E-state index contributed by atoms with van der Waals surface area (Å²) in [6.07, 6.45) is -3.48. The largest absolute Gasteiger partial charge is 0.493 e. The van der Waals surface area contributed by atoms with E-state index in [1.807, 2.05) is 32.0 Å². The fourth-order valence-electron chi connectivity index (χ4n) is 3.31. The van der Waals surface area contributed by atoms with E-state index in [0.717, 1.165) is 16.9 Å². The lowest BCUT2D eigenvalue weighted by atomic mass is 10.1. The van der Waals surface area contributed by atoms with Gasteiger partial charge in [0.2, 0.25) is 15.9 Å². The van der Waals surface area contributed by atoms with Crippen molar-refractivity contribution < 1.29 is 36.9 Å². The molecule has 3 rings (SSSR count). The highest BCUT2D eigenvalue weighted by Gasteiger charge is 2.36. The molecule has 2 aromatic carbocycles. The van der Waals surface area contributed by atoms with Crippen molar-refractivity contribution in [3.05, 3.63) is 57.6 Å². The molecule has 1 amide bonds. The molecular weight excluding hydrogens is 525 g/mol. The van der Waals surface area contributed by atoms with Crippen molar-refractivity contribution in [2.45, 2.75) is 20.0 Å². The second-order valence-electron chi connectivity index (χ2n) is 7.71. The summed E-state index contributed by atoms with van der Waals surface area (Å²) in [7, 11) is 2.82. The lowest BCUT2D eigenvalue weighted by Crippen LogP contribution is -2.13. The molecule has 0 aliphatic carbocycles. The number of halogens is 3. The Morgan fingerprint density at radius 1 is 1.05 bits per heavy atom. The van der Waals surface area contributed by atoms with Gasteiger partial charge in [-0.2, -0.15) is 18.4 Å². The number of amides is 1. The topological polar surface area (TPSA) is 116 Å². The van der Waals surface area contributed by atoms with Crippen LogP contribution >= 0.6 is 11.3 Å². The van der Waals surface area contributed by atoms with Gasteiger partial charge in [-0.3, -0.25) is 10.1 Å². The first kappa shape index (κ1) is 28.3. The van der Waals surface area contributed by atoms with Crippen LogP contribution in [0.2, 0.25) is 0 Å². The number of aromatic nitrogens is 2. The molecule has 0 spiro atoms. The van der Waals surface area contributed by atoms with E-state index in [0.29, 0.717) is 5.56 Å². The quantitative estimate of drug-likeness (QED) is 0.209. The third-order valence-corrected chi connectivity index (χ3v) is 5.92. The molecule has 0 saturated carbocycles. The van der Waals surface area contributed by atoms with Gasteiger partial charge in [-0.05, 0) is 48.7 Å². The van der Waals surface area contributed by atoms with Gasteiger partial charge in [-0.15, -0.1) is 10.2 Å². The van der Waals surface area contributed by atoms with E-state index in [9.17, 15) is 23.2 Å². The van der Waals surface area contributed by atoms with Gasteiger partial charge in [0, 0.05) is 0 Å². The molecular formula is C25H23F3N4O5S. The number of aryl methyl sites for hydroxylation is 2. The summed E-state index contributed by atoms with van der Waals surface area (Å²) in [6, 6.07) is 10.6. The number of nitrogens with one attached hydrogen (secondary N) is 1. The molecule has 9 nitrogen and oxygen atoms in total. The molecule has 1 aromatic heterocycles. The zero-order chi connectivity index (χ0) is 27.9. The molecule has 0 bridgehead atoms. The van der Waals surface area contributed by atoms with Crippen LogP contribution in [0.25, 0.3) is 6.08 Å². The van der Waals surface area contributed by atoms with Gasteiger partial charge in [0.1, 0.15) is 30.6 Å². The highest BCUT2D eigenvalue weighted by Crippen LogP contribution is 2.39. The maximum Gasteiger partial charge on any atom is 0.445 e. The predicted molar refractivity (Wildman–Crippen MR) is 134 cm³/mol. The van der Waals surface area contributed by atoms with E-state index >= 15 is 0 Å². The van der Waals surface area contributed by atoms with Crippen molar-refractivity contribution >= 4 is 28.5 Å². The summed E-state index contributed by atoms with van der Waals surface area (Å²) in [5.74, 6) is 0.632. The second-order valence-corrected chi connectivity index (χ2v) is 8.68. The molecule has 0 saturated heterocycles. The van der Waals surface area contributed by atoms with Gasteiger partial charge >= 0.3 is 6.18 Å². The number of rotatable bonds is 10. The third-order valence-electron chi connectivity index (χ3n) is 5.03. The third kappa shape index (κ3) is 6.92. The molecule has 0 radical (unpaired) electrons. The lowest BCUT2D eigenvalue weighted by molar-refractivity contribution is -0.138. The number of para-hydroxylation sites is 1. The molecule has 3 aromatic rings. The maximum atomic E-state index is 12.7. The number of ether oxygens (including phenoxy) is 4. The van der Waals surface area contributed by atoms with Crippen LogP contribution in [0, 0.1) is 25.2 Å². The number of nitrogens with zero attached hydrogens (tertiary/aromatic N) is 3. The lowest BCUT2D eigenvalue weighted by Gasteiger charge is -2.16. The molecule has 38 heavy (non-hydrogen) atoms. The Labute approximate surface area is 220 Å². The standard InChI is InChI=1S/C25H23F3N4O5S/c1-14-6-5-7-15(2)20(14)36-8-9-37-21-18(34-3)11-16(12-19(21)35-4)10-17(13-29)22(33)30-24-32-31-23(38-24)25(26,27)28/h5-7,10-12H,8-9H2,1-4H3,(H,30,32,33)/b17-10-. The molecule has 0 fully saturated rings. The van der Waals surface area contributed by atoms with Crippen molar-refractivity contribution in [3.8, 4) is 29.1 Å².